The number of carbonyl (C=O) groups is 2. The molecule has 0 aromatic heterocycles. The van der Waals surface area contributed by atoms with Crippen molar-refractivity contribution in [2.75, 3.05) is 19.6 Å². The third kappa shape index (κ3) is 2.23. The number of nitrogens with zero attached hydrogens (tertiary/aromatic N) is 2. The molecular formula is C16H26N2O2. The van der Waals surface area contributed by atoms with Crippen molar-refractivity contribution >= 4 is 11.8 Å². The van der Waals surface area contributed by atoms with Gasteiger partial charge in [-0.1, -0.05) is 6.92 Å². The molecule has 1 atom stereocenters. The van der Waals surface area contributed by atoms with Crippen molar-refractivity contribution in [3.05, 3.63) is 0 Å². The second-order valence-corrected chi connectivity index (χ2v) is 6.64. The van der Waals surface area contributed by atoms with E-state index < -0.39 is 5.41 Å². The molecule has 3 aliphatic rings. The molecule has 2 saturated heterocycles. The van der Waals surface area contributed by atoms with E-state index in [1.54, 1.807) is 0 Å². The summed E-state index contributed by atoms with van der Waals surface area (Å²) in [5.74, 6) is 0.265. The fourth-order valence-electron chi connectivity index (χ4n) is 3.83. The Labute approximate surface area is 121 Å². The average Bonchev–Trinajstić information content (AvgIpc) is 3.12. The Balaban J connectivity index is 1.73. The van der Waals surface area contributed by atoms with Crippen molar-refractivity contribution in [3.63, 3.8) is 0 Å². The second-order valence-electron chi connectivity index (χ2n) is 6.64. The zero-order valence-corrected chi connectivity index (χ0v) is 12.6. The van der Waals surface area contributed by atoms with E-state index >= 15 is 0 Å². The lowest BCUT2D eigenvalue weighted by molar-refractivity contribution is -0.151. The quantitative estimate of drug-likeness (QED) is 0.742. The molecule has 2 heterocycles. The van der Waals surface area contributed by atoms with E-state index in [0.717, 1.165) is 64.6 Å². The third-order valence-electron chi connectivity index (χ3n) is 5.32. The van der Waals surface area contributed by atoms with Crippen LogP contribution in [-0.4, -0.2) is 47.3 Å². The molecule has 2 amide bonds. The Morgan fingerprint density at radius 3 is 2.25 bits per heavy atom. The Kier molecular flexibility index (Phi) is 3.74. The normalized spacial score (nSPS) is 28.6. The molecule has 4 heteroatoms. The molecule has 3 rings (SSSR count). The van der Waals surface area contributed by atoms with Gasteiger partial charge in [0.1, 0.15) is 5.41 Å². The SMILES string of the molecule is CCC1CCCCN1C(=O)C1(C(=O)N2CCCC2)CC1. The highest BCUT2D eigenvalue weighted by Gasteiger charge is 2.60. The van der Waals surface area contributed by atoms with Gasteiger partial charge in [-0.2, -0.15) is 0 Å². The highest BCUT2D eigenvalue weighted by Crippen LogP contribution is 2.50. The molecule has 0 bridgehead atoms. The number of hydrogen-bond acceptors (Lipinski definition) is 2. The van der Waals surface area contributed by atoms with Gasteiger partial charge in [0.25, 0.3) is 0 Å². The molecule has 20 heavy (non-hydrogen) atoms. The summed E-state index contributed by atoms with van der Waals surface area (Å²) >= 11 is 0. The Morgan fingerprint density at radius 1 is 1.00 bits per heavy atom. The predicted octanol–water partition coefficient (Wildman–Crippen LogP) is 2.18. The van der Waals surface area contributed by atoms with Crippen molar-refractivity contribution in [1.82, 2.24) is 9.80 Å². The highest BCUT2D eigenvalue weighted by molar-refractivity contribution is 6.08. The molecule has 0 N–H and O–H groups in total. The van der Waals surface area contributed by atoms with Crippen LogP contribution in [0.2, 0.25) is 0 Å². The Bertz CT molecular complexity index is 397. The minimum atomic E-state index is -0.658. The zero-order chi connectivity index (χ0) is 14.2. The summed E-state index contributed by atoms with van der Waals surface area (Å²) in [4.78, 5) is 29.6. The van der Waals surface area contributed by atoms with Gasteiger partial charge >= 0.3 is 0 Å². The van der Waals surface area contributed by atoms with Gasteiger partial charge in [-0.05, 0) is 51.4 Å². The molecule has 0 aromatic rings. The number of amides is 2. The molecule has 1 saturated carbocycles. The molecule has 0 aromatic carbocycles. The molecule has 1 aliphatic carbocycles. The van der Waals surface area contributed by atoms with E-state index in [0.29, 0.717) is 6.04 Å². The van der Waals surface area contributed by atoms with Crippen molar-refractivity contribution < 1.29 is 9.59 Å². The summed E-state index contributed by atoms with van der Waals surface area (Å²) in [5, 5.41) is 0. The molecule has 2 aliphatic heterocycles. The summed E-state index contributed by atoms with van der Waals surface area (Å²) in [7, 11) is 0. The van der Waals surface area contributed by atoms with Crippen molar-refractivity contribution in [3.8, 4) is 0 Å². The number of piperidine rings is 1. The van der Waals surface area contributed by atoms with Crippen molar-refractivity contribution in [2.45, 2.75) is 64.3 Å². The molecule has 112 valence electrons. The van der Waals surface area contributed by atoms with Crippen LogP contribution in [0, 0.1) is 5.41 Å². The van der Waals surface area contributed by atoms with Crippen LogP contribution in [0.15, 0.2) is 0 Å². The summed E-state index contributed by atoms with van der Waals surface area (Å²) in [6.45, 7) is 4.71. The largest absolute Gasteiger partial charge is 0.342 e. The monoisotopic (exact) mass is 278 g/mol. The topological polar surface area (TPSA) is 40.6 Å². The number of hydrogen-bond donors (Lipinski definition) is 0. The minimum Gasteiger partial charge on any atom is -0.342 e. The van der Waals surface area contributed by atoms with E-state index in [1.165, 1.54) is 6.42 Å². The maximum absolute atomic E-state index is 12.9. The van der Waals surface area contributed by atoms with Crippen LogP contribution in [0.1, 0.15) is 58.3 Å². The standard InChI is InChI=1S/C16H26N2O2/c1-2-13-7-3-4-12-18(13)15(20)16(8-9-16)14(19)17-10-5-6-11-17/h13H,2-12H2,1H3. The molecule has 1 unspecified atom stereocenters. The number of carbonyl (C=O) groups excluding carboxylic acids is 2. The van der Waals surface area contributed by atoms with Gasteiger partial charge in [-0.25, -0.2) is 0 Å². The van der Waals surface area contributed by atoms with Crippen LogP contribution in [0.4, 0.5) is 0 Å². The molecule has 3 fully saturated rings. The summed E-state index contributed by atoms with van der Waals surface area (Å²) in [6.07, 6.45) is 8.17. The molecular weight excluding hydrogens is 252 g/mol. The predicted molar refractivity (Wildman–Crippen MR) is 77.1 cm³/mol. The minimum absolute atomic E-state index is 0.125. The zero-order valence-electron chi connectivity index (χ0n) is 12.6. The average molecular weight is 278 g/mol. The Hall–Kier alpha value is -1.06. The van der Waals surface area contributed by atoms with E-state index in [2.05, 4.69) is 6.92 Å². The van der Waals surface area contributed by atoms with Crippen molar-refractivity contribution in [2.24, 2.45) is 5.41 Å². The van der Waals surface area contributed by atoms with E-state index in [1.807, 2.05) is 9.80 Å². The molecule has 4 nitrogen and oxygen atoms in total. The maximum Gasteiger partial charge on any atom is 0.238 e. The lowest BCUT2D eigenvalue weighted by atomic mass is 9.95. The Morgan fingerprint density at radius 2 is 1.65 bits per heavy atom. The molecule has 0 spiro atoms. The van der Waals surface area contributed by atoms with Crippen LogP contribution < -0.4 is 0 Å². The lowest BCUT2D eigenvalue weighted by Gasteiger charge is -2.38. The first kappa shape index (κ1) is 13.9. The first-order valence-corrected chi connectivity index (χ1v) is 8.29. The number of likely N-dealkylation sites (tertiary alicyclic amines) is 2. The first-order chi connectivity index (χ1) is 9.69. The third-order valence-corrected chi connectivity index (χ3v) is 5.32. The fraction of sp³-hybridized carbons (Fsp3) is 0.875. The maximum atomic E-state index is 12.9. The van der Waals surface area contributed by atoms with E-state index in [9.17, 15) is 9.59 Å². The smallest absolute Gasteiger partial charge is 0.238 e. The van der Waals surface area contributed by atoms with Gasteiger partial charge in [0.2, 0.25) is 11.8 Å². The second kappa shape index (κ2) is 5.38. The van der Waals surface area contributed by atoms with Gasteiger partial charge in [-0.3, -0.25) is 9.59 Å². The van der Waals surface area contributed by atoms with Crippen LogP contribution in [-0.2, 0) is 9.59 Å². The highest BCUT2D eigenvalue weighted by atomic mass is 16.2. The van der Waals surface area contributed by atoms with Gasteiger partial charge in [0, 0.05) is 25.7 Å². The molecule has 0 radical (unpaired) electrons. The number of rotatable bonds is 3. The van der Waals surface area contributed by atoms with Crippen LogP contribution in [0.5, 0.6) is 0 Å². The van der Waals surface area contributed by atoms with Gasteiger partial charge < -0.3 is 9.80 Å². The van der Waals surface area contributed by atoms with Gasteiger partial charge in [0.15, 0.2) is 0 Å². The fourth-order valence-corrected chi connectivity index (χ4v) is 3.83. The van der Waals surface area contributed by atoms with E-state index in [4.69, 9.17) is 0 Å². The summed E-state index contributed by atoms with van der Waals surface area (Å²) < 4.78 is 0. The van der Waals surface area contributed by atoms with Crippen molar-refractivity contribution in [1.29, 1.82) is 0 Å². The van der Waals surface area contributed by atoms with Crippen LogP contribution in [0.3, 0.4) is 0 Å². The lowest BCUT2D eigenvalue weighted by Crippen LogP contribution is -2.51. The summed E-state index contributed by atoms with van der Waals surface area (Å²) in [5.41, 5.74) is -0.658. The van der Waals surface area contributed by atoms with Crippen LogP contribution in [0.25, 0.3) is 0 Å². The van der Waals surface area contributed by atoms with E-state index in [-0.39, 0.29) is 11.8 Å². The van der Waals surface area contributed by atoms with Gasteiger partial charge in [-0.15, -0.1) is 0 Å². The first-order valence-electron chi connectivity index (χ1n) is 8.29. The van der Waals surface area contributed by atoms with Gasteiger partial charge in [0.05, 0.1) is 0 Å². The summed E-state index contributed by atoms with van der Waals surface area (Å²) in [6, 6.07) is 0.361. The van der Waals surface area contributed by atoms with Crippen LogP contribution >= 0.6 is 0 Å².